The molecule has 1 N–H and O–H groups in total. The summed E-state index contributed by atoms with van der Waals surface area (Å²) in [4.78, 5) is 15.5. The lowest BCUT2D eigenvalue weighted by atomic mass is 10.1. The zero-order chi connectivity index (χ0) is 15.9. The Bertz CT molecular complexity index is 864. The number of aryl methyl sites for hydroxylation is 3. The molecule has 0 spiro atoms. The molecule has 3 aromatic rings. The van der Waals surface area contributed by atoms with Gasteiger partial charge in [0.05, 0.1) is 12.1 Å². The van der Waals surface area contributed by atoms with Crippen LogP contribution in [0.25, 0.3) is 16.9 Å². The summed E-state index contributed by atoms with van der Waals surface area (Å²) in [5, 5.41) is 13.6. The van der Waals surface area contributed by atoms with E-state index in [9.17, 15) is 4.79 Å². The van der Waals surface area contributed by atoms with Gasteiger partial charge in [-0.15, -0.1) is 0 Å². The maximum absolute atomic E-state index is 11.0. The number of carbonyl (C=O) groups is 1. The van der Waals surface area contributed by atoms with E-state index in [2.05, 4.69) is 10.1 Å². The number of aliphatic carboxylic acids is 1. The predicted octanol–water partition coefficient (Wildman–Crippen LogP) is 2.95. The minimum Gasteiger partial charge on any atom is -0.481 e. The molecule has 5 nitrogen and oxygen atoms in total. The van der Waals surface area contributed by atoms with E-state index in [0.717, 1.165) is 33.9 Å². The van der Waals surface area contributed by atoms with Crippen LogP contribution in [0.5, 0.6) is 0 Å². The van der Waals surface area contributed by atoms with Crippen molar-refractivity contribution in [2.45, 2.75) is 27.2 Å². The first-order valence-corrected chi connectivity index (χ1v) is 7.10. The van der Waals surface area contributed by atoms with Crippen molar-refractivity contribution in [3.05, 3.63) is 52.8 Å². The molecule has 0 saturated heterocycles. The molecule has 2 heterocycles. The van der Waals surface area contributed by atoms with Crippen molar-refractivity contribution in [3.63, 3.8) is 0 Å². The van der Waals surface area contributed by atoms with E-state index in [1.807, 2.05) is 51.1 Å². The van der Waals surface area contributed by atoms with Crippen molar-refractivity contribution in [1.29, 1.82) is 0 Å². The molecule has 2 aromatic heterocycles. The van der Waals surface area contributed by atoms with E-state index in [4.69, 9.17) is 5.11 Å². The van der Waals surface area contributed by atoms with Crippen molar-refractivity contribution in [2.75, 3.05) is 0 Å². The molecule has 22 heavy (non-hydrogen) atoms. The van der Waals surface area contributed by atoms with Gasteiger partial charge in [-0.25, -0.2) is 9.50 Å². The Kier molecular flexibility index (Phi) is 3.41. The van der Waals surface area contributed by atoms with Gasteiger partial charge in [-0.05, 0) is 20.8 Å². The second-order valence-electron chi connectivity index (χ2n) is 5.50. The molecule has 5 heteroatoms. The standard InChI is InChI=1S/C17H17N3O2/c1-10-4-6-13(7-5-10)15-9-16-18-11(2)14(8-17(21)22)12(3)20(16)19-15/h4-7,9H,8H2,1-3H3,(H,21,22). The molecular formula is C17H17N3O2. The van der Waals surface area contributed by atoms with Gasteiger partial charge in [0.2, 0.25) is 0 Å². The van der Waals surface area contributed by atoms with Gasteiger partial charge in [0, 0.05) is 28.6 Å². The summed E-state index contributed by atoms with van der Waals surface area (Å²) in [5.41, 5.74) is 6.07. The second-order valence-corrected chi connectivity index (χ2v) is 5.50. The first-order valence-electron chi connectivity index (χ1n) is 7.10. The molecule has 0 radical (unpaired) electrons. The van der Waals surface area contributed by atoms with Gasteiger partial charge in [-0.1, -0.05) is 29.8 Å². The number of fused-ring (bicyclic) bond motifs is 1. The minimum atomic E-state index is -0.863. The molecule has 0 amide bonds. The molecule has 0 atom stereocenters. The van der Waals surface area contributed by atoms with Crippen LogP contribution >= 0.6 is 0 Å². The Morgan fingerprint density at radius 2 is 1.86 bits per heavy atom. The summed E-state index contributed by atoms with van der Waals surface area (Å²) in [5.74, 6) is -0.863. The Morgan fingerprint density at radius 1 is 1.18 bits per heavy atom. The molecular weight excluding hydrogens is 278 g/mol. The van der Waals surface area contributed by atoms with Crippen LogP contribution in [-0.2, 0) is 11.2 Å². The van der Waals surface area contributed by atoms with E-state index in [1.165, 1.54) is 5.56 Å². The van der Waals surface area contributed by atoms with E-state index in [1.54, 1.807) is 4.52 Å². The Labute approximate surface area is 128 Å². The fourth-order valence-electron chi connectivity index (χ4n) is 2.60. The number of rotatable bonds is 3. The topological polar surface area (TPSA) is 67.5 Å². The van der Waals surface area contributed by atoms with Crippen LogP contribution in [0.3, 0.4) is 0 Å². The van der Waals surface area contributed by atoms with E-state index < -0.39 is 5.97 Å². The van der Waals surface area contributed by atoms with Gasteiger partial charge in [0.15, 0.2) is 5.65 Å². The number of carboxylic acids is 1. The molecule has 0 aliphatic heterocycles. The lowest BCUT2D eigenvalue weighted by Gasteiger charge is -2.08. The van der Waals surface area contributed by atoms with Gasteiger partial charge in [0.25, 0.3) is 0 Å². The third kappa shape index (κ3) is 2.45. The third-order valence-corrected chi connectivity index (χ3v) is 3.84. The van der Waals surface area contributed by atoms with Crippen LogP contribution in [0.2, 0.25) is 0 Å². The highest BCUT2D eigenvalue weighted by Gasteiger charge is 2.15. The summed E-state index contributed by atoms with van der Waals surface area (Å²) in [6.07, 6.45) is -0.0413. The maximum atomic E-state index is 11.0. The predicted molar refractivity (Wildman–Crippen MR) is 84.0 cm³/mol. The molecule has 0 saturated carbocycles. The minimum absolute atomic E-state index is 0.0413. The second kappa shape index (κ2) is 5.26. The van der Waals surface area contributed by atoms with Crippen molar-refractivity contribution in [3.8, 4) is 11.3 Å². The third-order valence-electron chi connectivity index (χ3n) is 3.84. The van der Waals surface area contributed by atoms with Gasteiger partial charge in [0.1, 0.15) is 0 Å². The van der Waals surface area contributed by atoms with Gasteiger partial charge in [-0.3, -0.25) is 4.79 Å². The zero-order valence-corrected chi connectivity index (χ0v) is 12.8. The number of nitrogens with zero attached hydrogens (tertiary/aromatic N) is 3. The van der Waals surface area contributed by atoms with Crippen molar-refractivity contribution < 1.29 is 9.90 Å². The maximum Gasteiger partial charge on any atom is 0.307 e. The molecule has 0 bridgehead atoms. The fourth-order valence-corrected chi connectivity index (χ4v) is 2.60. The number of carboxylic acid groups (broad SMARTS) is 1. The summed E-state index contributed by atoms with van der Waals surface area (Å²) in [6, 6.07) is 10.1. The van der Waals surface area contributed by atoms with Crippen LogP contribution < -0.4 is 0 Å². The molecule has 0 aliphatic carbocycles. The highest BCUT2D eigenvalue weighted by atomic mass is 16.4. The zero-order valence-electron chi connectivity index (χ0n) is 12.8. The molecule has 3 rings (SSSR count). The molecule has 0 aliphatic rings. The first-order chi connectivity index (χ1) is 10.5. The van der Waals surface area contributed by atoms with Crippen LogP contribution in [0, 0.1) is 20.8 Å². The van der Waals surface area contributed by atoms with Gasteiger partial charge >= 0.3 is 5.97 Å². The lowest BCUT2D eigenvalue weighted by Crippen LogP contribution is -2.10. The molecule has 1 aromatic carbocycles. The molecule has 112 valence electrons. The molecule has 0 unspecified atom stereocenters. The quantitative estimate of drug-likeness (QED) is 0.806. The first kappa shape index (κ1) is 14.3. The molecule has 0 fully saturated rings. The Hall–Kier alpha value is -2.69. The van der Waals surface area contributed by atoms with Gasteiger partial charge < -0.3 is 5.11 Å². The highest BCUT2D eigenvalue weighted by Crippen LogP contribution is 2.22. The largest absolute Gasteiger partial charge is 0.481 e. The lowest BCUT2D eigenvalue weighted by molar-refractivity contribution is -0.136. The summed E-state index contributed by atoms with van der Waals surface area (Å²) in [6.45, 7) is 5.76. The van der Waals surface area contributed by atoms with Gasteiger partial charge in [-0.2, -0.15) is 5.10 Å². The number of aromatic nitrogens is 3. The van der Waals surface area contributed by atoms with E-state index >= 15 is 0 Å². The number of benzene rings is 1. The smallest absolute Gasteiger partial charge is 0.307 e. The summed E-state index contributed by atoms with van der Waals surface area (Å²) in [7, 11) is 0. The Morgan fingerprint density at radius 3 is 2.50 bits per heavy atom. The monoisotopic (exact) mass is 295 g/mol. The van der Waals surface area contributed by atoms with Crippen LogP contribution in [-0.4, -0.2) is 25.7 Å². The normalized spacial score (nSPS) is 11.0. The number of hydrogen-bond acceptors (Lipinski definition) is 3. The van der Waals surface area contributed by atoms with Crippen molar-refractivity contribution >= 4 is 11.6 Å². The summed E-state index contributed by atoms with van der Waals surface area (Å²) >= 11 is 0. The fraction of sp³-hybridized carbons (Fsp3) is 0.235. The van der Waals surface area contributed by atoms with Crippen molar-refractivity contribution in [2.24, 2.45) is 0 Å². The summed E-state index contributed by atoms with van der Waals surface area (Å²) < 4.78 is 1.72. The van der Waals surface area contributed by atoms with Crippen LogP contribution in [0.1, 0.15) is 22.5 Å². The van der Waals surface area contributed by atoms with E-state index in [-0.39, 0.29) is 6.42 Å². The average Bonchev–Trinajstić information content (AvgIpc) is 2.88. The van der Waals surface area contributed by atoms with Crippen LogP contribution in [0.15, 0.2) is 30.3 Å². The van der Waals surface area contributed by atoms with Crippen LogP contribution in [0.4, 0.5) is 0 Å². The number of hydrogen-bond donors (Lipinski definition) is 1. The Balaban J connectivity index is 2.15. The average molecular weight is 295 g/mol. The SMILES string of the molecule is Cc1ccc(-c2cc3nc(C)c(CC(=O)O)c(C)n3n2)cc1. The highest BCUT2D eigenvalue weighted by molar-refractivity contribution is 5.71. The van der Waals surface area contributed by atoms with Crippen molar-refractivity contribution in [1.82, 2.24) is 14.6 Å². The van der Waals surface area contributed by atoms with E-state index in [0.29, 0.717) is 0 Å².